The molecule has 0 spiro atoms. The van der Waals surface area contributed by atoms with Crippen LogP contribution < -0.4 is 5.32 Å². The number of carboxylic acids is 1. The van der Waals surface area contributed by atoms with Crippen molar-refractivity contribution in [1.29, 1.82) is 0 Å². The highest BCUT2D eigenvalue weighted by atomic mass is 32.1. The molecule has 0 radical (unpaired) electrons. The van der Waals surface area contributed by atoms with Gasteiger partial charge in [-0.2, -0.15) is 0 Å². The second-order valence-corrected chi connectivity index (χ2v) is 5.62. The third-order valence-corrected chi connectivity index (χ3v) is 3.70. The SMILES string of the molecule is CC(C(=O)NCC(C)(C)C(=O)O)c1cccs1. The van der Waals surface area contributed by atoms with Gasteiger partial charge in [-0.1, -0.05) is 6.07 Å². The molecule has 0 saturated carbocycles. The lowest BCUT2D eigenvalue weighted by molar-refractivity contribution is -0.146. The Morgan fingerprint density at radius 3 is 2.65 bits per heavy atom. The largest absolute Gasteiger partial charge is 0.481 e. The molecule has 17 heavy (non-hydrogen) atoms. The molecule has 1 rings (SSSR count). The van der Waals surface area contributed by atoms with Crippen molar-refractivity contribution < 1.29 is 14.7 Å². The Morgan fingerprint density at radius 1 is 1.53 bits per heavy atom. The molecular weight excluding hydrogens is 238 g/mol. The Labute approximate surface area is 105 Å². The zero-order valence-electron chi connectivity index (χ0n) is 10.2. The Morgan fingerprint density at radius 2 is 2.18 bits per heavy atom. The minimum Gasteiger partial charge on any atom is -0.481 e. The summed E-state index contributed by atoms with van der Waals surface area (Å²) in [5, 5.41) is 13.5. The van der Waals surface area contributed by atoms with Crippen molar-refractivity contribution in [2.45, 2.75) is 26.7 Å². The zero-order valence-corrected chi connectivity index (χ0v) is 11.0. The Kier molecular flexibility index (Phi) is 4.28. The molecule has 0 aromatic carbocycles. The molecule has 1 heterocycles. The lowest BCUT2D eigenvalue weighted by Gasteiger charge is -2.20. The lowest BCUT2D eigenvalue weighted by atomic mass is 9.93. The second-order valence-electron chi connectivity index (χ2n) is 4.64. The average molecular weight is 255 g/mol. The van der Waals surface area contributed by atoms with Gasteiger partial charge in [-0.15, -0.1) is 11.3 Å². The molecule has 0 aliphatic heterocycles. The highest BCUT2D eigenvalue weighted by Crippen LogP contribution is 2.21. The topological polar surface area (TPSA) is 66.4 Å². The number of nitrogens with one attached hydrogen (secondary N) is 1. The van der Waals surface area contributed by atoms with Gasteiger partial charge in [0, 0.05) is 11.4 Å². The molecule has 94 valence electrons. The summed E-state index contributed by atoms with van der Waals surface area (Å²) in [7, 11) is 0. The molecule has 2 N–H and O–H groups in total. The van der Waals surface area contributed by atoms with E-state index in [9.17, 15) is 9.59 Å². The van der Waals surface area contributed by atoms with Crippen molar-refractivity contribution >= 4 is 23.2 Å². The summed E-state index contributed by atoms with van der Waals surface area (Å²) in [4.78, 5) is 23.7. The highest BCUT2D eigenvalue weighted by Gasteiger charge is 2.28. The van der Waals surface area contributed by atoms with Gasteiger partial charge in [0.15, 0.2) is 0 Å². The average Bonchev–Trinajstić information content (AvgIpc) is 2.78. The van der Waals surface area contributed by atoms with Crippen LogP contribution in [0.1, 0.15) is 31.6 Å². The molecule has 0 fully saturated rings. The van der Waals surface area contributed by atoms with Crippen LogP contribution in [0.4, 0.5) is 0 Å². The molecule has 1 amide bonds. The fraction of sp³-hybridized carbons (Fsp3) is 0.500. The molecular formula is C12H17NO3S. The number of thiophene rings is 1. The number of aliphatic carboxylic acids is 1. The monoisotopic (exact) mass is 255 g/mol. The van der Waals surface area contributed by atoms with Gasteiger partial charge in [0.25, 0.3) is 0 Å². The highest BCUT2D eigenvalue weighted by molar-refractivity contribution is 7.10. The van der Waals surface area contributed by atoms with E-state index in [1.165, 1.54) is 11.3 Å². The third kappa shape index (κ3) is 3.56. The van der Waals surface area contributed by atoms with Gasteiger partial charge in [-0.3, -0.25) is 9.59 Å². The second kappa shape index (κ2) is 5.31. The fourth-order valence-electron chi connectivity index (χ4n) is 1.20. The molecule has 0 saturated heterocycles. The van der Waals surface area contributed by atoms with Crippen molar-refractivity contribution in [2.75, 3.05) is 6.54 Å². The van der Waals surface area contributed by atoms with Crippen molar-refractivity contribution in [1.82, 2.24) is 5.32 Å². The number of hydrogen-bond donors (Lipinski definition) is 2. The van der Waals surface area contributed by atoms with Gasteiger partial charge in [0.05, 0.1) is 11.3 Å². The van der Waals surface area contributed by atoms with E-state index in [2.05, 4.69) is 5.32 Å². The van der Waals surface area contributed by atoms with Gasteiger partial charge in [0.1, 0.15) is 0 Å². The van der Waals surface area contributed by atoms with E-state index in [0.29, 0.717) is 0 Å². The summed E-state index contributed by atoms with van der Waals surface area (Å²) in [5.74, 6) is -1.29. The summed E-state index contributed by atoms with van der Waals surface area (Å²) in [6.07, 6.45) is 0. The number of amides is 1. The van der Waals surface area contributed by atoms with Gasteiger partial charge < -0.3 is 10.4 Å². The molecule has 1 atom stereocenters. The maximum absolute atomic E-state index is 11.8. The van der Waals surface area contributed by atoms with Crippen molar-refractivity contribution in [2.24, 2.45) is 5.41 Å². The summed E-state index contributed by atoms with van der Waals surface area (Å²) in [6, 6.07) is 3.79. The minimum atomic E-state index is -0.940. The molecule has 5 heteroatoms. The molecule has 4 nitrogen and oxygen atoms in total. The van der Waals surface area contributed by atoms with Crippen molar-refractivity contribution in [3.63, 3.8) is 0 Å². The van der Waals surface area contributed by atoms with E-state index >= 15 is 0 Å². The van der Waals surface area contributed by atoms with Gasteiger partial charge in [-0.25, -0.2) is 0 Å². The molecule has 0 aliphatic carbocycles. The molecule has 1 aromatic rings. The maximum atomic E-state index is 11.8. The van der Waals surface area contributed by atoms with Gasteiger partial charge in [0.2, 0.25) is 5.91 Å². The first-order valence-corrected chi connectivity index (χ1v) is 6.27. The zero-order chi connectivity index (χ0) is 13.1. The smallest absolute Gasteiger partial charge is 0.310 e. The Hall–Kier alpha value is -1.36. The van der Waals surface area contributed by atoms with Crippen LogP contribution in [0.15, 0.2) is 17.5 Å². The first-order valence-electron chi connectivity index (χ1n) is 5.39. The maximum Gasteiger partial charge on any atom is 0.310 e. The standard InChI is InChI=1S/C12H17NO3S/c1-8(9-5-4-6-17-9)10(14)13-7-12(2,3)11(15)16/h4-6,8H,7H2,1-3H3,(H,13,14)(H,15,16). The first kappa shape index (κ1) is 13.7. The summed E-state index contributed by atoms with van der Waals surface area (Å²) < 4.78 is 0. The van der Waals surface area contributed by atoms with E-state index < -0.39 is 11.4 Å². The van der Waals surface area contributed by atoms with Crippen LogP contribution in [0.25, 0.3) is 0 Å². The van der Waals surface area contributed by atoms with E-state index in [4.69, 9.17) is 5.11 Å². The van der Waals surface area contributed by atoms with Gasteiger partial charge >= 0.3 is 5.97 Å². The van der Waals surface area contributed by atoms with E-state index in [-0.39, 0.29) is 18.4 Å². The molecule has 0 aliphatic rings. The first-order chi connectivity index (χ1) is 7.84. The van der Waals surface area contributed by atoms with Crippen LogP contribution in [-0.4, -0.2) is 23.5 Å². The van der Waals surface area contributed by atoms with E-state index in [0.717, 1.165) is 4.88 Å². The van der Waals surface area contributed by atoms with Gasteiger partial charge in [-0.05, 0) is 32.2 Å². The van der Waals surface area contributed by atoms with Crippen LogP contribution in [0, 0.1) is 5.41 Å². The number of carbonyl (C=O) groups excluding carboxylic acids is 1. The summed E-state index contributed by atoms with van der Waals surface area (Å²) in [6.45, 7) is 5.13. The predicted molar refractivity (Wildman–Crippen MR) is 67.2 cm³/mol. The Bertz CT molecular complexity index is 398. The van der Waals surface area contributed by atoms with Crippen LogP contribution in [0.5, 0.6) is 0 Å². The molecule has 1 unspecified atom stereocenters. The fourth-order valence-corrected chi connectivity index (χ4v) is 1.99. The van der Waals surface area contributed by atoms with Crippen LogP contribution in [0.3, 0.4) is 0 Å². The lowest BCUT2D eigenvalue weighted by Crippen LogP contribution is -2.40. The third-order valence-electron chi connectivity index (χ3n) is 2.65. The Balaban J connectivity index is 2.54. The number of carbonyl (C=O) groups is 2. The molecule has 0 bridgehead atoms. The van der Waals surface area contributed by atoms with Crippen LogP contribution in [0.2, 0.25) is 0 Å². The normalized spacial score (nSPS) is 13.1. The van der Waals surface area contributed by atoms with Crippen molar-refractivity contribution in [3.05, 3.63) is 22.4 Å². The summed E-state index contributed by atoms with van der Waals surface area (Å²) >= 11 is 1.52. The number of hydrogen-bond acceptors (Lipinski definition) is 3. The van der Waals surface area contributed by atoms with Crippen molar-refractivity contribution in [3.8, 4) is 0 Å². The van der Waals surface area contributed by atoms with Crippen LogP contribution >= 0.6 is 11.3 Å². The van der Waals surface area contributed by atoms with Crippen LogP contribution in [-0.2, 0) is 9.59 Å². The predicted octanol–water partition coefficient (Wildman–Crippen LogP) is 2.08. The summed E-state index contributed by atoms with van der Waals surface area (Å²) in [5.41, 5.74) is -0.940. The van der Waals surface area contributed by atoms with E-state index in [1.807, 2.05) is 24.4 Å². The number of rotatable bonds is 5. The molecule has 1 aromatic heterocycles. The van der Waals surface area contributed by atoms with E-state index in [1.54, 1.807) is 13.8 Å². The minimum absolute atomic E-state index is 0.136. The quantitative estimate of drug-likeness (QED) is 0.846. The number of carboxylic acid groups (broad SMARTS) is 1.